The number of non-ortho nitro benzene ring substituents is 1. The molecule has 11 nitrogen and oxygen atoms in total. The molecule has 42 heavy (non-hydrogen) atoms. The Labute approximate surface area is 241 Å². The lowest BCUT2D eigenvalue weighted by atomic mass is 10.1. The van der Waals surface area contributed by atoms with Gasteiger partial charge in [0.1, 0.15) is 10.6 Å². The highest BCUT2D eigenvalue weighted by molar-refractivity contribution is 7.87. The number of ether oxygens (including phenoxy) is 1. The predicted molar refractivity (Wildman–Crippen MR) is 156 cm³/mol. The number of nitro groups is 1. The highest BCUT2D eigenvalue weighted by Crippen LogP contribution is 2.31. The normalized spacial score (nSPS) is 11.3. The van der Waals surface area contributed by atoms with Gasteiger partial charge in [-0.2, -0.15) is 8.42 Å². The minimum atomic E-state index is -4.17. The molecule has 4 aromatic rings. The molecule has 4 rings (SSSR count). The lowest BCUT2D eigenvalue weighted by molar-refractivity contribution is -0.384. The van der Waals surface area contributed by atoms with E-state index in [0.717, 1.165) is 5.56 Å². The number of rotatable bonds is 10. The van der Waals surface area contributed by atoms with E-state index in [2.05, 4.69) is 10.6 Å². The van der Waals surface area contributed by atoms with Gasteiger partial charge in [0.05, 0.1) is 12.0 Å². The summed E-state index contributed by atoms with van der Waals surface area (Å²) in [6.45, 7) is 1.83. The largest absolute Gasteiger partial charge is 0.493 e. The van der Waals surface area contributed by atoms with Crippen LogP contribution in [0.5, 0.6) is 11.5 Å². The lowest BCUT2D eigenvalue weighted by Crippen LogP contribution is -2.30. The topological polar surface area (TPSA) is 154 Å². The molecular formula is C30H25N3O8S. The van der Waals surface area contributed by atoms with Crippen LogP contribution in [0.4, 0.5) is 11.4 Å². The number of hydrogen-bond donors (Lipinski definition) is 2. The van der Waals surface area contributed by atoms with Crippen LogP contribution >= 0.6 is 0 Å². The van der Waals surface area contributed by atoms with E-state index in [1.165, 1.54) is 67.8 Å². The highest BCUT2D eigenvalue weighted by Gasteiger charge is 2.20. The molecule has 0 bridgehead atoms. The molecule has 0 atom stereocenters. The number of nitrogens with one attached hydrogen (secondary N) is 2. The molecule has 0 aliphatic rings. The third-order valence-corrected chi connectivity index (χ3v) is 7.10. The van der Waals surface area contributed by atoms with Gasteiger partial charge in [-0.05, 0) is 61.0 Å². The fourth-order valence-corrected chi connectivity index (χ4v) is 4.66. The summed E-state index contributed by atoms with van der Waals surface area (Å²) in [5.41, 5.74) is 1.23. The van der Waals surface area contributed by atoms with Crippen LogP contribution in [-0.2, 0) is 14.9 Å². The van der Waals surface area contributed by atoms with Gasteiger partial charge in [0, 0.05) is 23.4 Å². The van der Waals surface area contributed by atoms with Crippen LogP contribution in [0.15, 0.2) is 108 Å². The Kier molecular flexibility index (Phi) is 8.98. The summed E-state index contributed by atoms with van der Waals surface area (Å²) in [5, 5.41) is 16.3. The van der Waals surface area contributed by atoms with Crippen molar-refractivity contribution in [2.24, 2.45) is 0 Å². The first-order chi connectivity index (χ1) is 20.1. The molecule has 0 radical (unpaired) electrons. The van der Waals surface area contributed by atoms with Crippen LogP contribution in [0.25, 0.3) is 6.08 Å². The van der Waals surface area contributed by atoms with Crippen molar-refractivity contribution in [3.8, 4) is 11.5 Å². The summed E-state index contributed by atoms with van der Waals surface area (Å²) < 4.78 is 36.2. The van der Waals surface area contributed by atoms with Gasteiger partial charge in [-0.15, -0.1) is 0 Å². The van der Waals surface area contributed by atoms with Crippen molar-refractivity contribution in [1.82, 2.24) is 5.32 Å². The Morgan fingerprint density at radius 3 is 2.26 bits per heavy atom. The van der Waals surface area contributed by atoms with Crippen LogP contribution in [-0.4, -0.2) is 32.3 Å². The molecule has 12 heteroatoms. The van der Waals surface area contributed by atoms with E-state index < -0.39 is 26.9 Å². The second kappa shape index (κ2) is 12.8. The van der Waals surface area contributed by atoms with Gasteiger partial charge >= 0.3 is 10.1 Å². The molecule has 0 unspecified atom stereocenters. The monoisotopic (exact) mass is 587 g/mol. The molecule has 0 heterocycles. The average Bonchev–Trinajstić information content (AvgIpc) is 2.98. The smallest absolute Gasteiger partial charge is 0.339 e. The third kappa shape index (κ3) is 7.37. The molecular weight excluding hydrogens is 562 g/mol. The van der Waals surface area contributed by atoms with Crippen molar-refractivity contribution in [2.45, 2.75) is 11.8 Å². The summed E-state index contributed by atoms with van der Waals surface area (Å²) in [4.78, 5) is 36.7. The predicted octanol–water partition coefficient (Wildman–Crippen LogP) is 5.09. The van der Waals surface area contributed by atoms with Crippen LogP contribution in [0.3, 0.4) is 0 Å². The number of methoxy groups -OCH3 is 1. The Morgan fingerprint density at radius 2 is 1.60 bits per heavy atom. The molecule has 0 fully saturated rings. The molecule has 0 aromatic heterocycles. The number of hydrogen-bond acceptors (Lipinski definition) is 8. The summed E-state index contributed by atoms with van der Waals surface area (Å²) in [7, 11) is -2.85. The number of amides is 2. The number of carbonyl (C=O) groups is 2. The molecule has 2 amide bonds. The number of aryl methyl sites for hydroxylation is 1. The quantitative estimate of drug-likeness (QED) is 0.113. The Bertz CT molecular complexity index is 1770. The van der Waals surface area contributed by atoms with Crippen molar-refractivity contribution in [1.29, 1.82) is 0 Å². The first kappa shape index (κ1) is 29.5. The molecule has 2 N–H and O–H groups in total. The van der Waals surface area contributed by atoms with E-state index in [1.54, 1.807) is 42.5 Å². The number of carbonyl (C=O) groups excluding carboxylic acids is 2. The summed E-state index contributed by atoms with van der Waals surface area (Å²) in [5.74, 6) is -1.38. The van der Waals surface area contributed by atoms with Crippen LogP contribution in [0.1, 0.15) is 21.5 Å². The Balaban J connectivity index is 1.66. The van der Waals surface area contributed by atoms with Gasteiger partial charge in [0.25, 0.3) is 17.5 Å². The van der Waals surface area contributed by atoms with E-state index in [4.69, 9.17) is 8.92 Å². The van der Waals surface area contributed by atoms with E-state index in [0.29, 0.717) is 5.56 Å². The minimum absolute atomic E-state index is 0.0390. The summed E-state index contributed by atoms with van der Waals surface area (Å²) in [6, 6.07) is 23.9. The lowest BCUT2D eigenvalue weighted by Gasteiger charge is -2.13. The molecule has 0 saturated heterocycles. The van der Waals surface area contributed by atoms with Gasteiger partial charge in [-0.25, -0.2) is 0 Å². The van der Waals surface area contributed by atoms with Crippen LogP contribution in [0, 0.1) is 17.0 Å². The summed E-state index contributed by atoms with van der Waals surface area (Å²) in [6.07, 6.45) is 1.34. The second-order valence-electron chi connectivity index (χ2n) is 8.90. The fourth-order valence-electron chi connectivity index (χ4n) is 3.72. The SMILES string of the molecule is COc1cc(/C=C(\NC(=O)c2ccccc2)C(=O)Nc2cccc([N+](=O)[O-])c2)ccc1OS(=O)(=O)c1ccc(C)cc1. The molecule has 214 valence electrons. The van der Waals surface area contributed by atoms with Crippen LogP contribution < -0.4 is 19.6 Å². The highest BCUT2D eigenvalue weighted by atomic mass is 32.2. The first-order valence-corrected chi connectivity index (χ1v) is 13.8. The average molecular weight is 588 g/mol. The number of nitrogens with zero attached hydrogens (tertiary/aromatic N) is 1. The maximum Gasteiger partial charge on any atom is 0.339 e. The van der Waals surface area contributed by atoms with E-state index in [1.807, 2.05) is 6.92 Å². The first-order valence-electron chi connectivity index (χ1n) is 12.4. The zero-order chi connectivity index (χ0) is 30.3. The molecule has 0 spiro atoms. The number of benzene rings is 4. The van der Waals surface area contributed by atoms with Crippen molar-refractivity contribution in [3.63, 3.8) is 0 Å². The summed E-state index contributed by atoms with van der Waals surface area (Å²) >= 11 is 0. The minimum Gasteiger partial charge on any atom is -0.493 e. The Hall–Kier alpha value is -5.49. The van der Waals surface area contributed by atoms with Gasteiger partial charge in [0.15, 0.2) is 11.5 Å². The van der Waals surface area contributed by atoms with Gasteiger partial charge < -0.3 is 19.6 Å². The van der Waals surface area contributed by atoms with E-state index in [-0.39, 0.29) is 39.0 Å². The van der Waals surface area contributed by atoms with Crippen molar-refractivity contribution in [2.75, 3.05) is 12.4 Å². The van der Waals surface area contributed by atoms with Gasteiger partial charge in [-0.3, -0.25) is 19.7 Å². The van der Waals surface area contributed by atoms with Crippen LogP contribution in [0.2, 0.25) is 0 Å². The van der Waals surface area contributed by atoms with Gasteiger partial charge in [0.2, 0.25) is 0 Å². The molecule has 0 aliphatic carbocycles. The zero-order valence-electron chi connectivity index (χ0n) is 22.4. The van der Waals surface area contributed by atoms with Gasteiger partial charge in [-0.1, -0.05) is 48.0 Å². The van der Waals surface area contributed by atoms with Crippen molar-refractivity contribution < 1.29 is 31.9 Å². The zero-order valence-corrected chi connectivity index (χ0v) is 23.3. The Morgan fingerprint density at radius 1 is 0.881 bits per heavy atom. The molecule has 4 aromatic carbocycles. The van der Waals surface area contributed by atoms with Crippen molar-refractivity contribution in [3.05, 3.63) is 130 Å². The van der Waals surface area contributed by atoms with E-state index >= 15 is 0 Å². The third-order valence-electron chi connectivity index (χ3n) is 5.85. The second-order valence-corrected chi connectivity index (χ2v) is 10.4. The van der Waals surface area contributed by atoms with Crippen molar-refractivity contribution >= 4 is 39.4 Å². The maximum atomic E-state index is 13.3. The number of anilines is 1. The maximum absolute atomic E-state index is 13.3. The van der Waals surface area contributed by atoms with E-state index in [9.17, 15) is 28.1 Å². The molecule has 0 saturated carbocycles. The number of nitro benzene ring substituents is 1. The fraction of sp³-hybridized carbons (Fsp3) is 0.0667. The molecule has 0 aliphatic heterocycles. The standard InChI is InChI=1S/C30H25N3O8S/c1-20-11-14-25(15-12-20)42(38,39)41-27-16-13-21(18-28(27)40-2)17-26(32-29(34)22-7-4-3-5-8-22)30(35)31-23-9-6-10-24(19-23)33(36)37/h3-19H,1-2H3,(H,31,35)(H,32,34)/b26-17-.